The van der Waals surface area contributed by atoms with E-state index in [9.17, 15) is 4.79 Å². The molecule has 1 aliphatic heterocycles. The van der Waals surface area contributed by atoms with Gasteiger partial charge in [-0.2, -0.15) is 0 Å². The largest absolute Gasteiger partial charge is 0.378 e. The maximum Gasteiger partial charge on any atom is 0.222 e. The van der Waals surface area contributed by atoms with Crippen LogP contribution >= 0.6 is 12.4 Å². The second kappa shape index (κ2) is 10.4. The highest BCUT2D eigenvalue weighted by atomic mass is 35.5. The standard InChI is InChI=1S/C16H30N2O2.ClH/c17-10-3-13-20-15-8-11-18(12-9-15)16(19)7-6-14-4-1-2-5-14;/h14-15H,1-13,17H2;1H. The Morgan fingerprint density at radius 2 is 1.81 bits per heavy atom. The van der Waals surface area contributed by atoms with E-state index in [0.29, 0.717) is 18.6 Å². The number of ether oxygens (including phenoxy) is 1. The summed E-state index contributed by atoms with van der Waals surface area (Å²) in [6.45, 7) is 3.20. The lowest BCUT2D eigenvalue weighted by Crippen LogP contribution is -2.41. The molecule has 0 aromatic carbocycles. The predicted octanol–water partition coefficient (Wildman–Crippen LogP) is 2.74. The number of hydrogen-bond acceptors (Lipinski definition) is 3. The fourth-order valence-corrected chi connectivity index (χ4v) is 3.39. The van der Waals surface area contributed by atoms with E-state index in [1.54, 1.807) is 0 Å². The van der Waals surface area contributed by atoms with Crippen molar-refractivity contribution in [3.8, 4) is 0 Å². The number of amides is 1. The van der Waals surface area contributed by atoms with Crippen LogP contribution in [0.25, 0.3) is 0 Å². The maximum atomic E-state index is 12.2. The molecule has 21 heavy (non-hydrogen) atoms. The van der Waals surface area contributed by atoms with E-state index in [4.69, 9.17) is 10.5 Å². The zero-order chi connectivity index (χ0) is 14.2. The highest BCUT2D eigenvalue weighted by Gasteiger charge is 2.24. The Labute approximate surface area is 135 Å². The molecule has 0 bridgehead atoms. The summed E-state index contributed by atoms with van der Waals surface area (Å²) in [6.07, 6.45) is 10.5. The summed E-state index contributed by atoms with van der Waals surface area (Å²) in [5.41, 5.74) is 5.46. The van der Waals surface area contributed by atoms with E-state index in [1.165, 1.54) is 25.7 Å². The highest BCUT2D eigenvalue weighted by Crippen LogP contribution is 2.29. The summed E-state index contributed by atoms with van der Waals surface area (Å²) in [7, 11) is 0. The summed E-state index contributed by atoms with van der Waals surface area (Å²) >= 11 is 0. The number of likely N-dealkylation sites (tertiary alicyclic amines) is 1. The second-order valence-corrected chi connectivity index (χ2v) is 6.28. The van der Waals surface area contributed by atoms with Crippen molar-refractivity contribution in [2.75, 3.05) is 26.2 Å². The number of carbonyl (C=O) groups is 1. The molecule has 1 aliphatic carbocycles. The quantitative estimate of drug-likeness (QED) is 0.734. The summed E-state index contributed by atoms with van der Waals surface area (Å²) in [4.78, 5) is 14.2. The number of halogens is 1. The van der Waals surface area contributed by atoms with Crippen molar-refractivity contribution in [3.63, 3.8) is 0 Å². The van der Waals surface area contributed by atoms with Crippen molar-refractivity contribution >= 4 is 18.3 Å². The van der Waals surface area contributed by atoms with Crippen LogP contribution in [0.1, 0.15) is 57.8 Å². The van der Waals surface area contributed by atoms with Gasteiger partial charge in [0.2, 0.25) is 5.91 Å². The highest BCUT2D eigenvalue weighted by molar-refractivity contribution is 5.85. The van der Waals surface area contributed by atoms with Crippen LogP contribution in [0, 0.1) is 5.92 Å². The Bertz CT molecular complexity index is 288. The molecule has 1 amide bonds. The van der Waals surface area contributed by atoms with Crippen molar-refractivity contribution in [2.45, 2.75) is 63.9 Å². The molecule has 0 aromatic rings. The van der Waals surface area contributed by atoms with Crippen LogP contribution in [0.5, 0.6) is 0 Å². The van der Waals surface area contributed by atoms with E-state index in [2.05, 4.69) is 0 Å². The first kappa shape index (κ1) is 18.7. The van der Waals surface area contributed by atoms with Crippen LogP contribution in [0.3, 0.4) is 0 Å². The van der Waals surface area contributed by atoms with Crippen molar-refractivity contribution < 1.29 is 9.53 Å². The molecule has 0 radical (unpaired) electrons. The lowest BCUT2D eigenvalue weighted by Gasteiger charge is -2.32. The normalized spacial score (nSPS) is 20.5. The Kier molecular flexibility index (Phi) is 9.29. The first-order valence-corrected chi connectivity index (χ1v) is 8.39. The fourth-order valence-electron chi connectivity index (χ4n) is 3.39. The van der Waals surface area contributed by atoms with Gasteiger partial charge < -0.3 is 15.4 Å². The molecule has 2 aliphatic rings. The lowest BCUT2D eigenvalue weighted by molar-refractivity contribution is -0.134. The fraction of sp³-hybridized carbons (Fsp3) is 0.938. The molecule has 5 heteroatoms. The van der Waals surface area contributed by atoms with Gasteiger partial charge in [-0.15, -0.1) is 12.4 Å². The van der Waals surface area contributed by atoms with Gasteiger partial charge in [-0.1, -0.05) is 25.7 Å². The lowest BCUT2D eigenvalue weighted by atomic mass is 10.0. The molecule has 124 valence electrons. The Morgan fingerprint density at radius 1 is 1.14 bits per heavy atom. The van der Waals surface area contributed by atoms with Crippen LogP contribution in [-0.4, -0.2) is 43.2 Å². The number of nitrogens with zero attached hydrogens (tertiary/aromatic N) is 1. The molecule has 2 fully saturated rings. The van der Waals surface area contributed by atoms with Gasteiger partial charge in [0.05, 0.1) is 6.10 Å². The van der Waals surface area contributed by atoms with Crippen molar-refractivity contribution in [3.05, 3.63) is 0 Å². The molecule has 4 nitrogen and oxygen atoms in total. The number of nitrogens with two attached hydrogens (primary N) is 1. The molecule has 2 N–H and O–H groups in total. The molecular weight excluding hydrogens is 288 g/mol. The van der Waals surface area contributed by atoms with Crippen molar-refractivity contribution in [1.29, 1.82) is 0 Å². The second-order valence-electron chi connectivity index (χ2n) is 6.28. The summed E-state index contributed by atoms with van der Waals surface area (Å²) < 4.78 is 5.77. The molecule has 0 spiro atoms. The molecule has 1 heterocycles. The minimum atomic E-state index is 0. The average Bonchev–Trinajstić information content (AvgIpc) is 2.99. The van der Waals surface area contributed by atoms with E-state index in [-0.39, 0.29) is 12.4 Å². The molecule has 0 unspecified atom stereocenters. The zero-order valence-electron chi connectivity index (χ0n) is 13.1. The predicted molar refractivity (Wildman–Crippen MR) is 87.7 cm³/mol. The Balaban J connectivity index is 0.00000220. The third-order valence-electron chi connectivity index (χ3n) is 4.74. The van der Waals surface area contributed by atoms with Crippen molar-refractivity contribution in [2.24, 2.45) is 11.7 Å². The third kappa shape index (κ3) is 6.54. The SMILES string of the molecule is Cl.NCCCOC1CCN(C(=O)CCC2CCCC2)CC1. The van der Waals surface area contributed by atoms with Crippen LogP contribution in [0.15, 0.2) is 0 Å². The van der Waals surface area contributed by atoms with Gasteiger partial charge in [-0.25, -0.2) is 0 Å². The first-order chi connectivity index (χ1) is 9.79. The average molecular weight is 319 g/mol. The molecule has 2 rings (SSSR count). The molecule has 1 saturated carbocycles. The zero-order valence-corrected chi connectivity index (χ0v) is 13.9. The Hall–Kier alpha value is -0.320. The van der Waals surface area contributed by atoms with Crippen LogP contribution in [0.2, 0.25) is 0 Å². The number of rotatable bonds is 7. The van der Waals surface area contributed by atoms with Gasteiger partial charge in [0.15, 0.2) is 0 Å². The van der Waals surface area contributed by atoms with Crippen molar-refractivity contribution in [1.82, 2.24) is 4.90 Å². The van der Waals surface area contributed by atoms with E-state index in [1.807, 2.05) is 4.90 Å². The smallest absolute Gasteiger partial charge is 0.222 e. The summed E-state index contributed by atoms with van der Waals surface area (Å²) in [5.74, 6) is 1.17. The molecule has 1 saturated heterocycles. The van der Waals surface area contributed by atoms with Gasteiger partial charge in [-0.05, 0) is 38.1 Å². The van der Waals surface area contributed by atoms with Gasteiger partial charge in [0.25, 0.3) is 0 Å². The third-order valence-corrected chi connectivity index (χ3v) is 4.74. The molecule has 0 aromatic heterocycles. The molecule has 0 atom stereocenters. The minimum absolute atomic E-state index is 0. The molecular formula is C16H31ClN2O2. The number of hydrogen-bond donors (Lipinski definition) is 1. The maximum absolute atomic E-state index is 12.2. The van der Waals surface area contributed by atoms with Crippen LogP contribution in [0.4, 0.5) is 0 Å². The van der Waals surface area contributed by atoms with E-state index in [0.717, 1.165) is 57.7 Å². The van der Waals surface area contributed by atoms with Crippen LogP contribution < -0.4 is 5.73 Å². The van der Waals surface area contributed by atoms with E-state index < -0.39 is 0 Å². The van der Waals surface area contributed by atoms with Gasteiger partial charge in [0.1, 0.15) is 0 Å². The Morgan fingerprint density at radius 3 is 2.43 bits per heavy atom. The van der Waals surface area contributed by atoms with Gasteiger partial charge in [-0.3, -0.25) is 4.79 Å². The van der Waals surface area contributed by atoms with Gasteiger partial charge >= 0.3 is 0 Å². The van der Waals surface area contributed by atoms with Crippen LogP contribution in [-0.2, 0) is 9.53 Å². The summed E-state index contributed by atoms with van der Waals surface area (Å²) in [5, 5.41) is 0. The minimum Gasteiger partial charge on any atom is -0.378 e. The number of carbonyl (C=O) groups excluding carboxylic acids is 1. The van der Waals surface area contributed by atoms with E-state index >= 15 is 0 Å². The van der Waals surface area contributed by atoms with Gasteiger partial charge in [0, 0.05) is 26.1 Å². The summed E-state index contributed by atoms with van der Waals surface area (Å²) in [6, 6.07) is 0. The monoisotopic (exact) mass is 318 g/mol. The first-order valence-electron chi connectivity index (χ1n) is 8.39. The number of piperidine rings is 1. The topological polar surface area (TPSA) is 55.6 Å².